The molecule has 6 heteroatoms. The Morgan fingerprint density at radius 3 is 2.79 bits per heavy atom. The fourth-order valence-electron chi connectivity index (χ4n) is 2.77. The van der Waals surface area contributed by atoms with Crippen LogP contribution >= 0.6 is 12.4 Å². The van der Waals surface area contributed by atoms with Crippen LogP contribution in [0, 0.1) is 0 Å². The van der Waals surface area contributed by atoms with E-state index >= 15 is 0 Å². The van der Waals surface area contributed by atoms with Crippen LogP contribution in [0.5, 0.6) is 0 Å². The smallest absolute Gasteiger partial charge is 0.243 e. The minimum atomic E-state index is -0.232. The molecule has 2 aliphatic rings. The maximum Gasteiger partial charge on any atom is 0.243 e. The highest BCUT2D eigenvalue weighted by Crippen LogP contribution is 2.19. The van der Waals surface area contributed by atoms with Gasteiger partial charge in [-0.1, -0.05) is 6.92 Å². The molecule has 0 aromatic carbocycles. The molecular weight excluding hydrogens is 266 g/mol. The lowest BCUT2D eigenvalue weighted by atomic mass is 10.1. The fourth-order valence-corrected chi connectivity index (χ4v) is 2.77. The van der Waals surface area contributed by atoms with Crippen LogP contribution in [0.3, 0.4) is 0 Å². The third kappa shape index (κ3) is 4.08. The Balaban J connectivity index is 0.00000180. The van der Waals surface area contributed by atoms with E-state index in [0.717, 1.165) is 45.3 Å². The summed E-state index contributed by atoms with van der Waals surface area (Å²) in [5.41, 5.74) is 0. The highest BCUT2D eigenvalue weighted by atomic mass is 35.5. The Morgan fingerprint density at radius 2 is 2.16 bits per heavy atom. The molecule has 2 fully saturated rings. The van der Waals surface area contributed by atoms with Crippen molar-refractivity contribution in [1.29, 1.82) is 0 Å². The molecule has 2 N–H and O–H groups in total. The van der Waals surface area contributed by atoms with Crippen molar-refractivity contribution in [2.75, 3.05) is 19.6 Å². The zero-order valence-electron chi connectivity index (χ0n) is 11.5. The number of halogens is 1. The van der Waals surface area contributed by atoms with Gasteiger partial charge in [-0.15, -0.1) is 12.4 Å². The number of hydrogen-bond acceptors (Lipinski definition) is 3. The average molecular weight is 290 g/mol. The first-order valence-electron chi connectivity index (χ1n) is 7.03. The Labute approximate surface area is 120 Å². The van der Waals surface area contributed by atoms with Gasteiger partial charge in [-0.25, -0.2) is 0 Å². The van der Waals surface area contributed by atoms with Gasteiger partial charge in [-0.05, 0) is 32.2 Å². The molecule has 0 saturated carbocycles. The minimum Gasteiger partial charge on any atom is -0.350 e. The number of rotatable bonds is 4. The molecule has 2 aliphatic heterocycles. The number of nitrogens with one attached hydrogen (secondary N) is 2. The van der Waals surface area contributed by atoms with Crippen molar-refractivity contribution < 1.29 is 9.59 Å². The van der Waals surface area contributed by atoms with E-state index in [1.165, 1.54) is 0 Å². The summed E-state index contributed by atoms with van der Waals surface area (Å²) in [6, 6.07) is 0.00544. The number of carbonyl (C=O) groups is 2. The predicted octanol–water partition coefficient (Wildman–Crippen LogP) is 0.677. The summed E-state index contributed by atoms with van der Waals surface area (Å²) in [4.78, 5) is 25.9. The zero-order chi connectivity index (χ0) is 13.0. The molecule has 0 aliphatic carbocycles. The third-order valence-corrected chi connectivity index (χ3v) is 3.75. The summed E-state index contributed by atoms with van der Waals surface area (Å²) in [5.74, 6) is 0.158. The molecule has 5 nitrogen and oxygen atoms in total. The summed E-state index contributed by atoms with van der Waals surface area (Å²) in [7, 11) is 0. The van der Waals surface area contributed by atoms with Gasteiger partial charge in [-0.2, -0.15) is 0 Å². The van der Waals surface area contributed by atoms with Crippen molar-refractivity contribution in [2.24, 2.45) is 0 Å². The summed E-state index contributed by atoms with van der Waals surface area (Å²) in [6.07, 6.45) is 4.13. The highest BCUT2D eigenvalue weighted by molar-refractivity contribution is 5.88. The molecular formula is C13H24ClN3O2. The Bertz CT molecular complexity index is 319. The van der Waals surface area contributed by atoms with E-state index in [2.05, 4.69) is 10.6 Å². The Kier molecular flexibility index (Phi) is 6.58. The largest absolute Gasteiger partial charge is 0.350 e. The lowest BCUT2D eigenvalue weighted by molar-refractivity contribution is -0.138. The van der Waals surface area contributed by atoms with E-state index in [1.54, 1.807) is 4.90 Å². The molecule has 0 radical (unpaired) electrons. The molecule has 0 aromatic heterocycles. The van der Waals surface area contributed by atoms with Crippen molar-refractivity contribution in [3.8, 4) is 0 Å². The maximum atomic E-state index is 12.2. The van der Waals surface area contributed by atoms with E-state index in [-0.39, 0.29) is 36.3 Å². The number of nitrogens with zero attached hydrogens (tertiary/aromatic N) is 1. The second kappa shape index (κ2) is 7.70. The Hall–Kier alpha value is -0.810. The Morgan fingerprint density at radius 1 is 1.37 bits per heavy atom. The number of hydrogen-bond donors (Lipinski definition) is 2. The maximum absolute atomic E-state index is 12.2. The summed E-state index contributed by atoms with van der Waals surface area (Å²) in [5, 5.41) is 6.28. The van der Waals surface area contributed by atoms with Gasteiger partial charge in [0, 0.05) is 25.6 Å². The molecule has 110 valence electrons. The minimum absolute atomic E-state index is 0. The molecule has 0 bridgehead atoms. The number of likely N-dealkylation sites (tertiary alicyclic amines) is 1. The number of carbonyl (C=O) groups excluding carboxylic acids is 2. The third-order valence-electron chi connectivity index (χ3n) is 3.75. The number of amides is 2. The van der Waals surface area contributed by atoms with Crippen LogP contribution in [0.25, 0.3) is 0 Å². The van der Waals surface area contributed by atoms with Crippen molar-refractivity contribution in [2.45, 2.75) is 51.1 Å². The SMILES string of the molecule is CCCC(=O)N1CCCC1C(=O)NC1CCNC1.Cl. The first kappa shape index (κ1) is 16.2. The molecule has 2 rings (SSSR count). The molecule has 0 aromatic rings. The highest BCUT2D eigenvalue weighted by Gasteiger charge is 2.34. The van der Waals surface area contributed by atoms with Gasteiger partial charge < -0.3 is 15.5 Å². The van der Waals surface area contributed by atoms with Gasteiger partial charge in [0.2, 0.25) is 11.8 Å². The first-order valence-corrected chi connectivity index (χ1v) is 7.03. The lowest BCUT2D eigenvalue weighted by Gasteiger charge is -2.25. The lowest BCUT2D eigenvalue weighted by Crippen LogP contribution is -2.49. The van der Waals surface area contributed by atoms with Crippen LogP contribution in [0.15, 0.2) is 0 Å². The van der Waals surface area contributed by atoms with Gasteiger partial charge in [0.1, 0.15) is 6.04 Å². The van der Waals surface area contributed by atoms with Gasteiger partial charge >= 0.3 is 0 Å². The second-order valence-corrected chi connectivity index (χ2v) is 5.19. The molecule has 0 spiro atoms. The van der Waals surface area contributed by atoms with Crippen LogP contribution in [0.2, 0.25) is 0 Å². The van der Waals surface area contributed by atoms with Crippen LogP contribution in [0.1, 0.15) is 39.0 Å². The van der Waals surface area contributed by atoms with Gasteiger partial charge in [0.15, 0.2) is 0 Å². The standard InChI is InChI=1S/C13H23N3O2.ClH/c1-2-4-12(17)16-8-3-5-11(16)13(18)15-10-6-7-14-9-10;/h10-11,14H,2-9H2,1H3,(H,15,18);1H. The van der Waals surface area contributed by atoms with Gasteiger partial charge in [0.25, 0.3) is 0 Å². The quantitative estimate of drug-likeness (QED) is 0.800. The summed E-state index contributed by atoms with van der Waals surface area (Å²) >= 11 is 0. The average Bonchev–Trinajstić information content (AvgIpc) is 2.99. The van der Waals surface area contributed by atoms with Gasteiger partial charge in [-0.3, -0.25) is 9.59 Å². The molecule has 2 atom stereocenters. The molecule has 2 unspecified atom stereocenters. The van der Waals surface area contributed by atoms with E-state index in [9.17, 15) is 9.59 Å². The van der Waals surface area contributed by atoms with Crippen LogP contribution in [-0.4, -0.2) is 48.4 Å². The van der Waals surface area contributed by atoms with E-state index in [0.29, 0.717) is 6.42 Å². The predicted molar refractivity (Wildman–Crippen MR) is 76.3 cm³/mol. The summed E-state index contributed by atoms with van der Waals surface area (Å²) < 4.78 is 0. The molecule has 2 heterocycles. The monoisotopic (exact) mass is 289 g/mol. The van der Waals surface area contributed by atoms with Crippen molar-refractivity contribution in [3.63, 3.8) is 0 Å². The van der Waals surface area contributed by atoms with E-state index < -0.39 is 0 Å². The molecule has 2 saturated heterocycles. The summed E-state index contributed by atoms with van der Waals surface area (Å²) in [6.45, 7) is 4.54. The second-order valence-electron chi connectivity index (χ2n) is 5.19. The van der Waals surface area contributed by atoms with Crippen molar-refractivity contribution >= 4 is 24.2 Å². The fraction of sp³-hybridized carbons (Fsp3) is 0.846. The molecule has 19 heavy (non-hydrogen) atoms. The van der Waals surface area contributed by atoms with Gasteiger partial charge in [0.05, 0.1) is 0 Å². The molecule has 2 amide bonds. The zero-order valence-corrected chi connectivity index (χ0v) is 12.3. The van der Waals surface area contributed by atoms with E-state index in [4.69, 9.17) is 0 Å². The van der Waals surface area contributed by atoms with Crippen LogP contribution in [-0.2, 0) is 9.59 Å². The van der Waals surface area contributed by atoms with Crippen LogP contribution in [0.4, 0.5) is 0 Å². The topological polar surface area (TPSA) is 61.4 Å². The normalized spacial score (nSPS) is 26.1. The first-order chi connectivity index (χ1) is 8.72. The van der Waals surface area contributed by atoms with Crippen molar-refractivity contribution in [1.82, 2.24) is 15.5 Å². The van der Waals surface area contributed by atoms with E-state index in [1.807, 2.05) is 6.92 Å². The van der Waals surface area contributed by atoms with Crippen LogP contribution < -0.4 is 10.6 Å². The van der Waals surface area contributed by atoms with Crippen molar-refractivity contribution in [3.05, 3.63) is 0 Å².